The third-order valence-electron chi connectivity index (χ3n) is 13.6. The van der Waals surface area contributed by atoms with Crippen molar-refractivity contribution in [2.45, 2.75) is 71.1 Å². The number of carbonyl (C=O) groups is 2. The Morgan fingerprint density at radius 3 is 2.15 bits per heavy atom. The lowest BCUT2D eigenvalue weighted by Crippen LogP contribution is -2.39. The van der Waals surface area contributed by atoms with Crippen LogP contribution in [0.25, 0.3) is 0 Å². The third-order valence-corrected chi connectivity index (χ3v) is 13.6. The molecule has 5 aromatic carbocycles. The van der Waals surface area contributed by atoms with Crippen LogP contribution in [-0.4, -0.2) is 109 Å². The maximum Gasteiger partial charge on any atom is 0.260 e. The van der Waals surface area contributed by atoms with Gasteiger partial charge in [-0.05, 0) is 77.6 Å². The van der Waals surface area contributed by atoms with Crippen LogP contribution >= 0.6 is 0 Å². The van der Waals surface area contributed by atoms with Crippen LogP contribution in [0.3, 0.4) is 0 Å². The van der Waals surface area contributed by atoms with Gasteiger partial charge in [0.1, 0.15) is 19.0 Å². The highest BCUT2D eigenvalue weighted by Gasteiger charge is 2.39. The van der Waals surface area contributed by atoms with Gasteiger partial charge in [0.05, 0.1) is 76.3 Å². The van der Waals surface area contributed by atoms with Crippen molar-refractivity contribution in [3.05, 3.63) is 124 Å². The number of benzene rings is 5. The number of rotatable bonds is 23. The van der Waals surface area contributed by atoms with Crippen LogP contribution < -0.4 is 39.0 Å². The number of aliphatic imine (C=N–C) groups is 1. The fraction of sp³-hybridized carbons (Fsp3) is 0.411. The number of para-hydroxylation sites is 2. The first-order chi connectivity index (χ1) is 34.6. The number of ether oxygens (including phenoxy) is 7. The van der Waals surface area contributed by atoms with Crippen LogP contribution in [0.15, 0.2) is 96.0 Å². The van der Waals surface area contributed by atoms with E-state index in [-0.39, 0.29) is 42.9 Å². The van der Waals surface area contributed by atoms with Crippen molar-refractivity contribution < 1.29 is 47.9 Å². The van der Waals surface area contributed by atoms with Gasteiger partial charge in [-0.15, -0.1) is 0 Å². The number of aliphatic hydroxyl groups is 1. The normalized spacial score (nSPS) is 17.3. The molecule has 9 rings (SSSR count). The molecule has 1 amide bonds. The summed E-state index contributed by atoms with van der Waals surface area (Å²) in [5.74, 6) is 1.97. The predicted molar refractivity (Wildman–Crippen MR) is 275 cm³/mol. The Labute approximate surface area is 416 Å². The van der Waals surface area contributed by atoms with Crippen LogP contribution in [-0.2, 0) is 45.1 Å². The Bertz CT molecular complexity index is 2730. The monoisotopic (exact) mass is 967 g/mol. The topological polar surface area (TPSA) is 153 Å². The van der Waals surface area contributed by atoms with Crippen LogP contribution in [0.1, 0.15) is 71.1 Å². The number of anilines is 4. The van der Waals surface area contributed by atoms with Crippen molar-refractivity contribution in [2.75, 3.05) is 94.0 Å². The number of fused-ring (bicyclic) bond motifs is 8. The summed E-state index contributed by atoms with van der Waals surface area (Å²) >= 11 is 0. The van der Waals surface area contributed by atoms with Crippen molar-refractivity contribution in [3.8, 4) is 23.0 Å². The second kappa shape index (κ2) is 22.6. The minimum Gasteiger partial charge on any atom is -0.493 e. The van der Waals surface area contributed by atoms with E-state index in [9.17, 15) is 14.7 Å². The molecule has 1 unspecified atom stereocenters. The molecule has 0 saturated heterocycles. The Morgan fingerprint density at radius 2 is 1.44 bits per heavy atom. The number of carbonyl (C=O) groups excluding carboxylic acids is 2. The molecule has 15 nitrogen and oxygen atoms in total. The SMILES string of the molecule is COCCOCCOCCN(CCCC(=O)C(C)C)c1cc(COc2cc3c(cc2OC)C(O)N2c4ccccc4C[C@H]2C=N3)cc(COc2cc3c(cc2OC)C(=O)N2c4ccccc4C[C@H]2CN3)c1. The fourth-order valence-electron chi connectivity index (χ4n) is 9.92. The molecule has 374 valence electrons. The van der Waals surface area contributed by atoms with Crippen LogP contribution in [0, 0.1) is 5.92 Å². The Morgan fingerprint density at radius 1 is 0.775 bits per heavy atom. The molecule has 15 heteroatoms. The average Bonchev–Trinajstić information content (AvgIpc) is 3.88. The number of ketones is 1. The largest absolute Gasteiger partial charge is 0.493 e. The van der Waals surface area contributed by atoms with Crippen LogP contribution in [0.5, 0.6) is 23.0 Å². The van der Waals surface area contributed by atoms with Gasteiger partial charge in [0.25, 0.3) is 5.91 Å². The Balaban J connectivity index is 0.990. The number of Topliss-reactive ketones (excluding diaryl/α,β-unsaturated/α-hetero) is 1. The van der Waals surface area contributed by atoms with E-state index in [1.807, 2.05) is 90.5 Å². The number of methoxy groups -OCH3 is 3. The van der Waals surface area contributed by atoms with E-state index in [1.54, 1.807) is 27.4 Å². The van der Waals surface area contributed by atoms with Gasteiger partial charge in [0.15, 0.2) is 29.2 Å². The summed E-state index contributed by atoms with van der Waals surface area (Å²) in [5.41, 5.74) is 9.31. The van der Waals surface area contributed by atoms with Gasteiger partial charge in [-0.1, -0.05) is 50.2 Å². The molecular formula is C56H65N5O10. The van der Waals surface area contributed by atoms with Crippen molar-refractivity contribution >= 4 is 46.3 Å². The van der Waals surface area contributed by atoms with Crippen molar-refractivity contribution in [3.63, 3.8) is 0 Å². The van der Waals surface area contributed by atoms with E-state index in [4.69, 9.17) is 38.2 Å². The molecule has 5 aromatic rings. The lowest BCUT2D eigenvalue weighted by molar-refractivity contribution is -0.121. The summed E-state index contributed by atoms with van der Waals surface area (Å²) < 4.78 is 41.8. The molecule has 0 spiro atoms. The van der Waals surface area contributed by atoms with E-state index in [1.165, 1.54) is 5.56 Å². The van der Waals surface area contributed by atoms with Crippen LogP contribution in [0.4, 0.5) is 28.4 Å². The molecule has 0 aliphatic carbocycles. The van der Waals surface area contributed by atoms with Gasteiger partial charge in [0.2, 0.25) is 0 Å². The zero-order valence-corrected chi connectivity index (χ0v) is 41.4. The second-order valence-corrected chi connectivity index (χ2v) is 18.6. The molecule has 4 aliphatic rings. The second-order valence-electron chi connectivity index (χ2n) is 18.6. The number of hydrogen-bond acceptors (Lipinski definition) is 14. The summed E-state index contributed by atoms with van der Waals surface area (Å²) in [6, 6.07) is 29.6. The summed E-state index contributed by atoms with van der Waals surface area (Å²) in [5, 5.41) is 15.4. The predicted octanol–water partition coefficient (Wildman–Crippen LogP) is 8.49. The molecule has 2 N–H and O–H groups in total. The quantitative estimate of drug-likeness (QED) is 0.0603. The lowest BCUT2D eigenvalue weighted by Gasteiger charge is -2.29. The average molecular weight is 968 g/mol. The van der Waals surface area contributed by atoms with E-state index in [0.29, 0.717) is 111 Å². The highest BCUT2D eigenvalue weighted by molar-refractivity contribution is 6.12. The number of aliphatic hydroxyl groups excluding tert-OH is 1. The van der Waals surface area contributed by atoms with Gasteiger partial charge in [-0.2, -0.15) is 0 Å². The number of hydrogen-bond donors (Lipinski definition) is 2. The molecule has 0 fully saturated rings. The van der Waals surface area contributed by atoms with Crippen molar-refractivity contribution in [2.24, 2.45) is 10.9 Å². The van der Waals surface area contributed by atoms with Gasteiger partial charge >= 0.3 is 0 Å². The summed E-state index contributed by atoms with van der Waals surface area (Å²) in [7, 11) is 4.81. The molecule has 0 bridgehead atoms. The van der Waals surface area contributed by atoms with Crippen molar-refractivity contribution in [1.82, 2.24) is 0 Å². The summed E-state index contributed by atoms with van der Waals surface area (Å²) in [4.78, 5) is 38.0. The molecular weight excluding hydrogens is 903 g/mol. The number of nitrogens with one attached hydrogen (secondary N) is 1. The van der Waals surface area contributed by atoms with Crippen LogP contribution in [0.2, 0.25) is 0 Å². The first-order valence-corrected chi connectivity index (χ1v) is 24.6. The standard InChI is InChI=1S/C56H65N5O10/c1-36(2)50(62)15-10-16-59(17-18-68-21-22-69-20-19-65-3)41-24-37(34-70-53-30-46-44(28-51(53)66-4)55(63)60-42(32-57-46)26-39-11-6-8-13-48(39)60)23-38(25-41)35-71-54-31-47-45(29-52(54)67-5)56(64)61-43(33-58-47)27-40-12-7-9-14-49(40)61/h6-9,11-14,23-25,28-32,36,42-43,55,58,63H,10,15-22,26-27,33-35H2,1-5H3/t42-,43-,55?/m0/s1. The maximum absolute atomic E-state index is 14.2. The first kappa shape index (κ1) is 49.3. The molecule has 0 saturated carbocycles. The van der Waals surface area contributed by atoms with E-state index in [0.717, 1.165) is 46.6 Å². The van der Waals surface area contributed by atoms with Gasteiger partial charge in [-0.25, -0.2) is 0 Å². The third kappa shape index (κ3) is 11.0. The first-order valence-electron chi connectivity index (χ1n) is 24.6. The molecule has 0 radical (unpaired) electrons. The maximum atomic E-state index is 14.2. The minimum absolute atomic E-state index is 0.0157. The summed E-state index contributed by atoms with van der Waals surface area (Å²) in [6.07, 6.45) is 3.60. The molecule has 3 atom stereocenters. The molecule has 0 aromatic heterocycles. The van der Waals surface area contributed by atoms with Gasteiger partial charge in [-0.3, -0.25) is 14.6 Å². The number of amides is 1. The number of nitrogens with zero attached hydrogens (tertiary/aromatic N) is 4. The van der Waals surface area contributed by atoms with Gasteiger partial charge in [0, 0.05) is 86.5 Å². The van der Waals surface area contributed by atoms with Crippen molar-refractivity contribution in [1.29, 1.82) is 0 Å². The Kier molecular flexibility index (Phi) is 15.7. The Hall–Kier alpha value is -6.65. The highest BCUT2D eigenvalue weighted by Crippen LogP contribution is 2.46. The van der Waals surface area contributed by atoms with E-state index < -0.39 is 6.23 Å². The van der Waals surface area contributed by atoms with Gasteiger partial charge < -0.3 is 58.3 Å². The van der Waals surface area contributed by atoms with E-state index >= 15 is 0 Å². The van der Waals surface area contributed by atoms with E-state index in [2.05, 4.69) is 34.5 Å². The smallest absolute Gasteiger partial charge is 0.260 e. The highest BCUT2D eigenvalue weighted by atomic mass is 16.5. The molecule has 71 heavy (non-hydrogen) atoms. The minimum atomic E-state index is -0.943. The summed E-state index contributed by atoms with van der Waals surface area (Å²) in [6.45, 7) is 8.28. The lowest BCUT2D eigenvalue weighted by atomic mass is 10.0. The fourth-order valence-corrected chi connectivity index (χ4v) is 9.92. The molecule has 4 heterocycles. The zero-order chi connectivity index (χ0) is 49.4. The zero-order valence-electron chi connectivity index (χ0n) is 41.4. The molecule has 4 aliphatic heterocycles.